The van der Waals surface area contributed by atoms with Crippen molar-refractivity contribution in [2.45, 2.75) is 6.42 Å². The standard InChI is InChI=1S/C8H5BrClNO/c9-7-5(10)2-1-4-3-6(12)11-8(4)7/h1-2H,3H2,(H,11,12). The first-order chi connectivity index (χ1) is 5.68. The molecular weight excluding hydrogens is 241 g/mol. The maximum atomic E-state index is 11.0. The van der Waals surface area contributed by atoms with Crippen LogP contribution in [0, 0.1) is 0 Å². The summed E-state index contributed by atoms with van der Waals surface area (Å²) in [5.74, 6) is 0.0213. The van der Waals surface area contributed by atoms with Crippen LogP contribution in [0.25, 0.3) is 0 Å². The Balaban J connectivity index is 2.61. The molecule has 4 heteroatoms. The van der Waals surface area contributed by atoms with Gasteiger partial charge in [0.05, 0.1) is 21.6 Å². The number of benzene rings is 1. The van der Waals surface area contributed by atoms with Crippen LogP contribution in [0.15, 0.2) is 16.6 Å². The van der Waals surface area contributed by atoms with Gasteiger partial charge < -0.3 is 5.32 Å². The summed E-state index contributed by atoms with van der Waals surface area (Å²) < 4.78 is 0.771. The lowest BCUT2D eigenvalue weighted by atomic mass is 10.2. The van der Waals surface area contributed by atoms with E-state index in [0.717, 1.165) is 15.7 Å². The van der Waals surface area contributed by atoms with Gasteiger partial charge in [0.2, 0.25) is 5.91 Å². The summed E-state index contributed by atoms with van der Waals surface area (Å²) in [6, 6.07) is 3.64. The lowest BCUT2D eigenvalue weighted by Crippen LogP contribution is -2.03. The van der Waals surface area contributed by atoms with Gasteiger partial charge in [-0.15, -0.1) is 0 Å². The van der Waals surface area contributed by atoms with Gasteiger partial charge in [-0.05, 0) is 27.6 Å². The number of rotatable bonds is 0. The fraction of sp³-hybridized carbons (Fsp3) is 0.125. The molecule has 1 aliphatic heterocycles. The molecule has 1 aromatic rings. The van der Waals surface area contributed by atoms with Crippen molar-refractivity contribution in [3.05, 3.63) is 27.2 Å². The topological polar surface area (TPSA) is 29.1 Å². The fourth-order valence-corrected chi connectivity index (χ4v) is 1.87. The first-order valence-electron chi connectivity index (χ1n) is 3.45. The van der Waals surface area contributed by atoms with Crippen molar-refractivity contribution in [2.24, 2.45) is 0 Å². The summed E-state index contributed by atoms with van der Waals surface area (Å²) in [5.41, 5.74) is 1.81. The van der Waals surface area contributed by atoms with E-state index in [1.165, 1.54) is 0 Å². The van der Waals surface area contributed by atoms with Crippen LogP contribution in [0.1, 0.15) is 5.56 Å². The van der Waals surface area contributed by atoms with Gasteiger partial charge in [0.25, 0.3) is 0 Å². The van der Waals surface area contributed by atoms with Crippen molar-refractivity contribution >= 4 is 39.1 Å². The molecule has 0 fully saturated rings. The van der Waals surface area contributed by atoms with Gasteiger partial charge in [-0.25, -0.2) is 0 Å². The summed E-state index contributed by atoms with van der Waals surface area (Å²) >= 11 is 9.15. The lowest BCUT2D eigenvalue weighted by molar-refractivity contribution is -0.115. The summed E-state index contributed by atoms with van der Waals surface area (Å²) in [6.45, 7) is 0. The second kappa shape index (κ2) is 2.75. The van der Waals surface area contributed by atoms with E-state index in [1.807, 2.05) is 6.07 Å². The van der Waals surface area contributed by atoms with Crippen LogP contribution in [0.2, 0.25) is 5.02 Å². The van der Waals surface area contributed by atoms with E-state index in [0.29, 0.717) is 11.4 Å². The lowest BCUT2D eigenvalue weighted by Gasteiger charge is -2.02. The van der Waals surface area contributed by atoms with Crippen LogP contribution >= 0.6 is 27.5 Å². The van der Waals surface area contributed by atoms with Crippen molar-refractivity contribution in [2.75, 3.05) is 5.32 Å². The van der Waals surface area contributed by atoms with Crippen LogP contribution in [0.3, 0.4) is 0 Å². The zero-order chi connectivity index (χ0) is 8.72. The maximum Gasteiger partial charge on any atom is 0.228 e. The number of hydrogen-bond donors (Lipinski definition) is 1. The Morgan fingerprint density at radius 2 is 2.25 bits per heavy atom. The Bertz CT molecular complexity index is 364. The predicted octanol–water partition coefficient (Wildman–Crippen LogP) is 2.60. The van der Waals surface area contributed by atoms with E-state index >= 15 is 0 Å². The SMILES string of the molecule is O=C1Cc2ccc(Cl)c(Br)c2N1. The van der Waals surface area contributed by atoms with Crippen LogP contribution < -0.4 is 5.32 Å². The first-order valence-corrected chi connectivity index (χ1v) is 4.62. The Labute approximate surface area is 83.0 Å². The van der Waals surface area contributed by atoms with E-state index in [4.69, 9.17) is 11.6 Å². The molecule has 0 radical (unpaired) electrons. The van der Waals surface area contributed by atoms with E-state index in [9.17, 15) is 4.79 Å². The molecule has 2 nitrogen and oxygen atoms in total. The van der Waals surface area contributed by atoms with Gasteiger partial charge in [-0.1, -0.05) is 17.7 Å². The number of halogens is 2. The van der Waals surface area contributed by atoms with Crippen LogP contribution in [-0.4, -0.2) is 5.91 Å². The summed E-state index contributed by atoms with van der Waals surface area (Å²) in [7, 11) is 0. The molecule has 12 heavy (non-hydrogen) atoms. The molecule has 0 bridgehead atoms. The third-order valence-corrected chi connectivity index (χ3v) is 3.16. The van der Waals surface area contributed by atoms with E-state index in [1.54, 1.807) is 6.07 Å². The van der Waals surface area contributed by atoms with Gasteiger partial charge >= 0.3 is 0 Å². The van der Waals surface area contributed by atoms with Gasteiger partial charge in [-0.2, -0.15) is 0 Å². The fourth-order valence-electron chi connectivity index (χ4n) is 1.23. The van der Waals surface area contributed by atoms with Crippen molar-refractivity contribution < 1.29 is 4.79 Å². The third-order valence-electron chi connectivity index (χ3n) is 1.80. The van der Waals surface area contributed by atoms with Gasteiger partial charge in [0.1, 0.15) is 0 Å². The Morgan fingerprint density at radius 3 is 3.00 bits per heavy atom. The first kappa shape index (κ1) is 8.08. The highest BCUT2D eigenvalue weighted by atomic mass is 79.9. The summed E-state index contributed by atoms with van der Waals surface area (Å²) in [6.07, 6.45) is 0.450. The normalized spacial score (nSPS) is 14.3. The second-order valence-corrected chi connectivity index (χ2v) is 3.82. The van der Waals surface area contributed by atoms with Crippen molar-refractivity contribution in [3.8, 4) is 0 Å². The molecule has 2 rings (SSSR count). The minimum atomic E-state index is 0.0213. The molecule has 1 heterocycles. The molecule has 0 aromatic heterocycles. The van der Waals surface area contributed by atoms with E-state index in [2.05, 4.69) is 21.2 Å². The summed E-state index contributed by atoms with van der Waals surface area (Å²) in [4.78, 5) is 11.0. The van der Waals surface area contributed by atoms with Crippen molar-refractivity contribution in [1.29, 1.82) is 0 Å². The molecule has 0 saturated heterocycles. The van der Waals surface area contributed by atoms with Crippen molar-refractivity contribution in [1.82, 2.24) is 0 Å². The molecular formula is C8H5BrClNO. The van der Waals surface area contributed by atoms with Crippen molar-refractivity contribution in [3.63, 3.8) is 0 Å². The Morgan fingerprint density at radius 1 is 1.50 bits per heavy atom. The van der Waals surface area contributed by atoms with Crippen LogP contribution in [0.5, 0.6) is 0 Å². The van der Waals surface area contributed by atoms with Crippen LogP contribution in [-0.2, 0) is 11.2 Å². The smallest absolute Gasteiger partial charge is 0.228 e. The number of carbonyl (C=O) groups excluding carboxylic acids is 1. The zero-order valence-corrected chi connectivity index (χ0v) is 8.37. The van der Waals surface area contributed by atoms with Crippen LogP contribution in [0.4, 0.5) is 5.69 Å². The Hall–Kier alpha value is -0.540. The minimum absolute atomic E-state index is 0.0213. The highest BCUT2D eigenvalue weighted by Gasteiger charge is 2.20. The number of nitrogens with one attached hydrogen (secondary N) is 1. The number of carbonyl (C=O) groups is 1. The molecule has 1 amide bonds. The largest absolute Gasteiger partial charge is 0.324 e. The predicted molar refractivity (Wildman–Crippen MR) is 51.5 cm³/mol. The number of hydrogen-bond acceptors (Lipinski definition) is 1. The molecule has 0 spiro atoms. The van der Waals surface area contributed by atoms with E-state index < -0.39 is 0 Å². The third kappa shape index (κ3) is 1.13. The highest BCUT2D eigenvalue weighted by Crippen LogP contribution is 2.36. The average molecular weight is 246 g/mol. The maximum absolute atomic E-state index is 11.0. The molecule has 0 saturated carbocycles. The molecule has 1 aliphatic rings. The zero-order valence-electron chi connectivity index (χ0n) is 6.03. The Kier molecular flexibility index (Phi) is 1.85. The van der Waals surface area contributed by atoms with Gasteiger partial charge in [0.15, 0.2) is 0 Å². The number of anilines is 1. The molecule has 0 unspecified atom stereocenters. The molecule has 1 aromatic carbocycles. The molecule has 62 valence electrons. The highest BCUT2D eigenvalue weighted by molar-refractivity contribution is 9.10. The minimum Gasteiger partial charge on any atom is -0.324 e. The molecule has 0 atom stereocenters. The average Bonchev–Trinajstić information content (AvgIpc) is 2.39. The van der Waals surface area contributed by atoms with E-state index in [-0.39, 0.29) is 5.91 Å². The number of amides is 1. The van der Waals surface area contributed by atoms with Gasteiger partial charge in [0, 0.05) is 0 Å². The summed E-state index contributed by atoms with van der Waals surface area (Å²) in [5, 5.41) is 3.36. The number of fused-ring (bicyclic) bond motifs is 1. The monoisotopic (exact) mass is 245 g/mol. The second-order valence-electron chi connectivity index (χ2n) is 2.62. The molecule has 0 aliphatic carbocycles. The van der Waals surface area contributed by atoms with Gasteiger partial charge in [-0.3, -0.25) is 4.79 Å². The quantitative estimate of drug-likeness (QED) is 0.749. The molecule has 1 N–H and O–H groups in total.